The molecule has 0 aliphatic carbocycles. The largest absolute Gasteiger partial charge is 0.507 e. The summed E-state index contributed by atoms with van der Waals surface area (Å²) in [6.07, 6.45) is 0. The lowest BCUT2D eigenvalue weighted by Crippen LogP contribution is -2.05. The summed E-state index contributed by atoms with van der Waals surface area (Å²) in [7, 11) is 0. The number of phenolic OH excluding ortho intramolecular Hbond substituents is 1. The van der Waals surface area contributed by atoms with Crippen molar-refractivity contribution in [2.75, 3.05) is 12.1 Å². The van der Waals surface area contributed by atoms with Gasteiger partial charge in [0.15, 0.2) is 11.6 Å². The van der Waals surface area contributed by atoms with Crippen molar-refractivity contribution in [1.82, 2.24) is 9.97 Å². The Bertz CT molecular complexity index is 824. The van der Waals surface area contributed by atoms with Crippen molar-refractivity contribution >= 4 is 28.3 Å². The first kappa shape index (κ1) is 14.6. The summed E-state index contributed by atoms with van der Waals surface area (Å²) in [5.41, 5.74) is 4.07. The van der Waals surface area contributed by atoms with E-state index in [-0.39, 0.29) is 5.75 Å². The van der Waals surface area contributed by atoms with Crippen LogP contribution in [0.5, 0.6) is 5.75 Å². The Hall–Kier alpha value is -2.37. The van der Waals surface area contributed by atoms with Crippen LogP contribution < -0.4 is 5.48 Å². The van der Waals surface area contributed by atoms with Gasteiger partial charge in [0.25, 0.3) is 0 Å². The van der Waals surface area contributed by atoms with Gasteiger partial charge in [0.1, 0.15) is 5.75 Å². The molecule has 0 unspecified atom stereocenters. The fourth-order valence-electron chi connectivity index (χ4n) is 2.10. The third kappa shape index (κ3) is 2.81. The number of aromatic hydroxyl groups is 1. The second-order valence-electron chi connectivity index (χ2n) is 4.61. The SMILES string of the molecule is CCONc1nc(-c2ccccc2O)nc2ccc(Cl)cc12. The number of fused-ring (bicyclic) bond motifs is 1. The molecular weight excluding hydrogens is 302 g/mol. The van der Waals surface area contributed by atoms with Crippen LogP contribution in [0.4, 0.5) is 5.82 Å². The first-order valence-electron chi connectivity index (χ1n) is 6.82. The smallest absolute Gasteiger partial charge is 0.165 e. The van der Waals surface area contributed by atoms with Crippen molar-refractivity contribution in [3.8, 4) is 17.1 Å². The van der Waals surface area contributed by atoms with Crippen LogP contribution in [0, 0.1) is 0 Å². The molecule has 0 spiro atoms. The number of hydrogen-bond donors (Lipinski definition) is 2. The highest BCUT2D eigenvalue weighted by Crippen LogP contribution is 2.31. The van der Waals surface area contributed by atoms with E-state index < -0.39 is 0 Å². The molecule has 2 N–H and O–H groups in total. The van der Waals surface area contributed by atoms with Crippen molar-refractivity contribution < 1.29 is 9.94 Å². The summed E-state index contributed by atoms with van der Waals surface area (Å²) in [6.45, 7) is 2.35. The maximum Gasteiger partial charge on any atom is 0.165 e. The van der Waals surface area contributed by atoms with Gasteiger partial charge < -0.3 is 5.11 Å². The Kier molecular flexibility index (Phi) is 4.09. The molecule has 0 saturated heterocycles. The lowest BCUT2D eigenvalue weighted by molar-refractivity contribution is 0.209. The van der Waals surface area contributed by atoms with Gasteiger partial charge in [-0.3, -0.25) is 4.84 Å². The Balaban J connectivity index is 2.20. The predicted octanol–water partition coefficient (Wildman–Crippen LogP) is 4.02. The number of aromatic nitrogens is 2. The summed E-state index contributed by atoms with van der Waals surface area (Å²) in [6, 6.07) is 12.3. The average Bonchev–Trinajstić information content (AvgIpc) is 2.53. The van der Waals surface area contributed by atoms with E-state index in [2.05, 4.69) is 15.4 Å². The minimum Gasteiger partial charge on any atom is -0.507 e. The molecule has 0 aliphatic rings. The minimum absolute atomic E-state index is 0.123. The van der Waals surface area contributed by atoms with Crippen molar-refractivity contribution in [2.45, 2.75) is 6.92 Å². The monoisotopic (exact) mass is 315 g/mol. The van der Waals surface area contributed by atoms with Crippen molar-refractivity contribution in [1.29, 1.82) is 0 Å². The molecule has 0 aliphatic heterocycles. The number of benzene rings is 2. The number of phenols is 1. The van der Waals surface area contributed by atoms with Gasteiger partial charge >= 0.3 is 0 Å². The zero-order valence-corrected chi connectivity index (χ0v) is 12.6. The maximum absolute atomic E-state index is 9.99. The van der Waals surface area contributed by atoms with Gasteiger partial charge in [-0.2, -0.15) is 0 Å². The van der Waals surface area contributed by atoms with Crippen LogP contribution in [0.1, 0.15) is 6.92 Å². The predicted molar refractivity (Wildman–Crippen MR) is 86.9 cm³/mol. The fourth-order valence-corrected chi connectivity index (χ4v) is 2.27. The molecule has 0 bridgehead atoms. The summed E-state index contributed by atoms with van der Waals surface area (Å²) in [5.74, 6) is 1.04. The van der Waals surface area contributed by atoms with Crippen LogP contribution in [0.2, 0.25) is 5.02 Å². The topological polar surface area (TPSA) is 67.3 Å². The number of nitrogens with zero attached hydrogens (tertiary/aromatic N) is 2. The number of rotatable bonds is 4. The molecule has 1 aromatic heterocycles. The Morgan fingerprint density at radius 1 is 1.18 bits per heavy atom. The summed E-state index contributed by atoms with van der Waals surface area (Å²) in [5, 5.41) is 11.3. The van der Waals surface area contributed by atoms with Crippen LogP contribution in [0.15, 0.2) is 42.5 Å². The molecule has 0 fully saturated rings. The number of nitrogens with one attached hydrogen (secondary N) is 1. The van der Waals surface area contributed by atoms with Crippen LogP contribution in [-0.2, 0) is 4.84 Å². The molecule has 0 saturated carbocycles. The van der Waals surface area contributed by atoms with E-state index in [4.69, 9.17) is 16.4 Å². The van der Waals surface area contributed by atoms with Gasteiger partial charge in [-0.05, 0) is 37.3 Å². The molecule has 3 rings (SSSR count). The lowest BCUT2D eigenvalue weighted by atomic mass is 10.1. The zero-order chi connectivity index (χ0) is 15.5. The summed E-state index contributed by atoms with van der Waals surface area (Å²) < 4.78 is 0. The van der Waals surface area contributed by atoms with Gasteiger partial charge in [0, 0.05) is 10.4 Å². The highest BCUT2D eigenvalue weighted by atomic mass is 35.5. The highest BCUT2D eigenvalue weighted by molar-refractivity contribution is 6.31. The quantitative estimate of drug-likeness (QED) is 0.712. The lowest BCUT2D eigenvalue weighted by Gasteiger charge is -2.11. The van der Waals surface area contributed by atoms with E-state index >= 15 is 0 Å². The molecule has 6 heteroatoms. The first-order chi connectivity index (χ1) is 10.7. The van der Waals surface area contributed by atoms with Crippen LogP contribution in [0.25, 0.3) is 22.3 Å². The van der Waals surface area contributed by atoms with E-state index in [1.165, 1.54) is 0 Å². The van der Waals surface area contributed by atoms with E-state index in [0.717, 1.165) is 5.39 Å². The highest BCUT2D eigenvalue weighted by Gasteiger charge is 2.12. The second-order valence-corrected chi connectivity index (χ2v) is 5.05. The van der Waals surface area contributed by atoms with Crippen LogP contribution >= 0.6 is 11.6 Å². The molecule has 22 heavy (non-hydrogen) atoms. The summed E-state index contributed by atoms with van der Waals surface area (Å²) >= 11 is 6.04. The number of hydrogen-bond acceptors (Lipinski definition) is 5. The van der Waals surface area contributed by atoms with Crippen LogP contribution in [-0.4, -0.2) is 21.7 Å². The molecular formula is C16H14ClN3O2. The zero-order valence-electron chi connectivity index (χ0n) is 11.9. The minimum atomic E-state index is 0.123. The standard InChI is InChI=1S/C16H14ClN3O2/c1-2-22-20-16-12-9-10(17)7-8-13(12)18-15(19-16)11-5-3-4-6-14(11)21/h3-9,21H,2H2,1H3,(H,18,19,20). The first-order valence-corrected chi connectivity index (χ1v) is 7.20. The number of halogens is 1. The van der Waals surface area contributed by atoms with Crippen molar-refractivity contribution in [2.24, 2.45) is 0 Å². The average molecular weight is 316 g/mol. The number of para-hydroxylation sites is 1. The molecule has 2 aromatic carbocycles. The third-order valence-electron chi connectivity index (χ3n) is 3.12. The van der Waals surface area contributed by atoms with Crippen molar-refractivity contribution in [3.05, 3.63) is 47.5 Å². The molecule has 0 atom stereocenters. The van der Waals surface area contributed by atoms with E-state index in [1.54, 1.807) is 36.4 Å². The third-order valence-corrected chi connectivity index (χ3v) is 3.35. The van der Waals surface area contributed by atoms with Gasteiger partial charge in [-0.1, -0.05) is 23.7 Å². The van der Waals surface area contributed by atoms with Crippen molar-refractivity contribution in [3.63, 3.8) is 0 Å². The second kappa shape index (κ2) is 6.17. The Morgan fingerprint density at radius 2 is 2.00 bits per heavy atom. The molecule has 5 nitrogen and oxygen atoms in total. The van der Waals surface area contributed by atoms with E-state index in [9.17, 15) is 5.11 Å². The molecule has 112 valence electrons. The number of anilines is 1. The molecule has 0 radical (unpaired) electrons. The van der Waals surface area contributed by atoms with E-state index in [0.29, 0.717) is 34.4 Å². The Labute approximate surface area is 132 Å². The molecule has 0 amide bonds. The maximum atomic E-state index is 9.99. The summed E-state index contributed by atoms with van der Waals surface area (Å²) in [4.78, 5) is 14.2. The fraction of sp³-hybridized carbons (Fsp3) is 0.125. The normalized spacial score (nSPS) is 10.8. The van der Waals surface area contributed by atoms with Gasteiger partial charge in [0.05, 0.1) is 17.7 Å². The van der Waals surface area contributed by atoms with Gasteiger partial charge in [-0.25, -0.2) is 15.4 Å². The molecule has 1 heterocycles. The van der Waals surface area contributed by atoms with E-state index in [1.807, 2.05) is 13.0 Å². The van der Waals surface area contributed by atoms with Gasteiger partial charge in [-0.15, -0.1) is 0 Å². The Morgan fingerprint density at radius 3 is 2.77 bits per heavy atom. The van der Waals surface area contributed by atoms with Gasteiger partial charge in [0.2, 0.25) is 0 Å². The van der Waals surface area contributed by atoms with Crippen LogP contribution in [0.3, 0.4) is 0 Å². The molecule has 3 aromatic rings.